The van der Waals surface area contributed by atoms with E-state index in [2.05, 4.69) is 54.0 Å². The number of rotatable bonds is 3. The van der Waals surface area contributed by atoms with Crippen molar-refractivity contribution in [1.82, 2.24) is 0 Å². The molecule has 1 atom stereocenters. The number of aryl methyl sites for hydroxylation is 1. The fraction of sp³-hybridized carbons (Fsp3) is 0.538. The molecule has 1 saturated carbocycles. The van der Waals surface area contributed by atoms with Crippen LogP contribution in [0, 0.1) is 12.3 Å². The van der Waals surface area contributed by atoms with Crippen LogP contribution in [0.3, 0.4) is 0 Å². The van der Waals surface area contributed by atoms with E-state index in [1.54, 1.807) is 0 Å². The topological polar surface area (TPSA) is 0 Å². The zero-order valence-corrected chi connectivity index (χ0v) is 10.5. The molecule has 0 aromatic heterocycles. The molecule has 1 heteroatoms. The van der Waals surface area contributed by atoms with Gasteiger partial charge in [-0.05, 0) is 37.2 Å². The number of hydrogen-bond donors (Lipinski definition) is 0. The van der Waals surface area contributed by atoms with Crippen molar-refractivity contribution >= 4 is 15.9 Å². The molecule has 0 radical (unpaired) electrons. The fourth-order valence-electron chi connectivity index (χ4n) is 1.99. The van der Waals surface area contributed by atoms with E-state index in [4.69, 9.17) is 0 Å². The Bertz CT molecular complexity index is 307. The first-order valence-electron chi connectivity index (χ1n) is 5.32. The molecule has 1 fully saturated rings. The zero-order chi connectivity index (χ0) is 10.2. The van der Waals surface area contributed by atoms with Gasteiger partial charge in [-0.25, -0.2) is 0 Å². The summed E-state index contributed by atoms with van der Waals surface area (Å²) in [5, 5.41) is 0. The normalized spacial score (nSPS) is 20.5. The maximum absolute atomic E-state index is 3.73. The second-order valence-electron chi connectivity index (χ2n) is 4.64. The Labute approximate surface area is 94.8 Å². The second kappa shape index (κ2) is 3.69. The molecular formula is C13H17Br. The van der Waals surface area contributed by atoms with Crippen molar-refractivity contribution in [3.63, 3.8) is 0 Å². The Balaban J connectivity index is 2.08. The molecule has 0 nitrogen and oxygen atoms in total. The Morgan fingerprint density at radius 3 is 2.29 bits per heavy atom. The van der Waals surface area contributed by atoms with E-state index in [0.29, 0.717) is 10.2 Å². The Morgan fingerprint density at radius 2 is 1.86 bits per heavy atom. The van der Waals surface area contributed by atoms with Gasteiger partial charge in [-0.1, -0.05) is 52.7 Å². The summed E-state index contributed by atoms with van der Waals surface area (Å²) in [5.41, 5.74) is 3.40. The number of benzene rings is 1. The summed E-state index contributed by atoms with van der Waals surface area (Å²) in [6.07, 6.45) is 4.00. The minimum absolute atomic E-state index is 0.565. The van der Waals surface area contributed by atoms with Crippen LogP contribution in [0.15, 0.2) is 24.3 Å². The predicted octanol–water partition coefficient (Wildman–Crippen LogP) is 4.10. The van der Waals surface area contributed by atoms with Gasteiger partial charge < -0.3 is 0 Å². The lowest BCUT2D eigenvalue weighted by atomic mass is 9.93. The average molecular weight is 253 g/mol. The lowest BCUT2D eigenvalue weighted by Gasteiger charge is -2.18. The van der Waals surface area contributed by atoms with Gasteiger partial charge in [0, 0.05) is 4.83 Å². The highest BCUT2D eigenvalue weighted by Crippen LogP contribution is 2.53. The minimum Gasteiger partial charge on any atom is -0.0888 e. The molecule has 14 heavy (non-hydrogen) atoms. The van der Waals surface area contributed by atoms with Crippen LogP contribution in [0.1, 0.15) is 30.9 Å². The quantitative estimate of drug-likeness (QED) is 0.711. The Kier molecular flexibility index (Phi) is 2.70. The number of halogens is 1. The summed E-state index contributed by atoms with van der Waals surface area (Å²) >= 11 is 3.73. The molecule has 76 valence electrons. The highest BCUT2D eigenvalue weighted by molar-refractivity contribution is 9.09. The molecule has 0 heterocycles. The molecule has 1 aliphatic carbocycles. The Hall–Kier alpha value is -0.300. The van der Waals surface area contributed by atoms with Crippen molar-refractivity contribution in [1.29, 1.82) is 0 Å². The molecule has 0 spiro atoms. The first-order chi connectivity index (χ1) is 6.62. The largest absolute Gasteiger partial charge is 0.0888 e. The monoisotopic (exact) mass is 252 g/mol. The molecule has 1 unspecified atom stereocenters. The Morgan fingerprint density at radius 1 is 1.29 bits per heavy atom. The van der Waals surface area contributed by atoms with Gasteiger partial charge in [0.25, 0.3) is 0 Å². The summed E-state index contributed by atoms with van der Waals surface area (Å²) in [6.45, 7) is 4.42. The van der Waals surface area contributed by atoms with E-state index in [9.17, 15) is 0 Å². The van der Waals surface area contributed by atoms with Crippen molar-refractivity contribution in [2.24, 2.45) is 5.41 Å². The molecule has 0 amide bonds. The zero-order valence-electron chi connectivity index (χ0n) is 8.89. The van der Waals surface area contributed by atoms with Gasteiger partial charge in [-0.3, -0.25) is 0 Å². The van der Waals surface area contributed by atoms with Crippen molar-refractivity contribution in [3.05, 3.63) is 35.4 Å². The molecule has 1 aromatic rings. The molecule has 0 N–H and O–H groups in total. The molecule has 2 rings (SSSR count). The van der Waals surface area contributed by atoms with Crippen LogP contribution < -0.4 is 0 Å². The number of hydrogen-bond acceptors (Lipinski definition) is 0. The second-order valence-corrected chi connectivity index (χ2v) is 6.01. The van der Waals surface area contributed by atoms with Crippen LogP contribution in [0.4, 0.5) is 0 Å². The lowest BCUT2D eigenvalue weighted by molar-refractivity contribution is 0.509. The van der Waals surface area contributed by atoms with Crippen molar-refractivity contribution in [3.8, 4) is 0 Å². The van der Waals surface area contributed by atoms with Crippen molar-refractivity contribution in [2.45, 2.75) is 37.9 Å². The van der Waals surface area contributed by atoms with E-state index < -0.39 is 0 Å². The molecule has 1 aliphatic rings. The van der Waals surface area contributed by atoms with E-state index in [0.717, 1.165) is 0 Å². The van der Waals surface area contributed by atoms with Gasteiger partial charge in [-0.2, -0.15) is 0 Å². The molecule has 1 aromatic carbocycles. The number of alkyl halides is 1. The van der Waals surface area contributed by atoms with Crippen LogP contribution in [0.5, 0.6) is 0 Å². The van der Waals surface area contributed by atoms with Gasteiger partial charge in [0.05, 0.1) is 0 Å². The standard InChI is InChI=1S/C13H17Br/c1-10-3-5-12(6-4-10)9-13(7-8-13)11(2)14/h3-6,11H,7-9H2,1-2H3. The summed E-state index contributed by atoms with van der Waals surface area (Å²) in [7, 11) is 0. The van der Waals surface area contributed by atoms with Crippen LogP contribution in [0.2, 0.25) is 0 Å². The third kappa shape index (κ3) is 2.03. The van der Waals surface area contributed by atoms with Gasteiger partial charge in [0.2, 0.25) is 0 Å². The van der Waals surface area contributed by atoms with E-state index in [1.807, 2.05) is 0 Å². The highest BCUT2D eigenvalue weighted by atomic mass is 79.9. The minimum atomic E-state index is 0.565. The first kappa shape index (κ1) is 10.2. The van der Waals surface area contributed by atoms with Gasteiger partial charge in [0.15, 0.2) is 0 Å². The third-order valence-corrected chi connectivity index (χ3v) is 4.38. The van der Waals surface area contributed by atoms with Crippen LogP contribution >= 0.6 is 15.9 Å². The molecular weight excluding hydrogens is 236 g/mol. The van der Waals surface area contributed by atoms with Gasteiger partial charge >= 0.3 is 0 Å². The van der Waals surface area contributed by atoms with Crippen LogP contribution in [0.25, 0.3) is 0 Å². The van der Waals surface area contributed by atoms with E-state index >= 15 is 0 Å². The maximum Gasteiger partial charge on any atom is 0.0177 e. The smallest absolute Gasteiger partial charge is 0.0177 e. The fourth-order valence-corrected chi connectivity index (χ4v) is 2.61. The predicted molar refractivity (Wildman–Crippen MR) is 64.9 cm³/mol. The summed E-state index contributed by atoms with van der Waals surface area (Å²) in [6, 6.07) is 8.96. The summed E-state index contributed by atoms with van der Waals surface area (Å²) in [4.78, 5) is 0.649. The highest BCUT2D eigenvalue weighted by Gasteiger charge is 2.45. The summed E-state index contributed by atoms with van der Waals surface area (Å²) in [5.74, 6) is 0. The van der Waals surface area contributed by atoms with E-state index in [1.165, 1.54) is 30.4 Å². The molecule has 0 aliphatic heterocycles. The maximum atomic E-state index is 3.73. The van der Waals surface area contributed by atoms with Gasteiger partial charge in [-0.15, -0.1) is 0 Å². The van der Waals surface area contributed by atoms with Crippen LogP contribution in [-0.2, 0) is 6.42 Å². The molecule has 0 bridgehead atoms. The third-order valence-electron chi connectivity index (χ3n) is 3.41. The SMILES string of the molecule is Cc1ccc(CC2(C(C)Br)CC2)cc1. The molecule has 0 saturated heterocycles. The van der Waals surface area contributed by atoms with Gasteiger partial charge in [0.1, 0.15) is 0 Å². The van der Waals surface area contributed by atoms with Crippen molar-refractivity contribution in [2.75, 3.05) is 0 Å². The van der Waals surface area contributed by atoms with Crippen LogP contribution in [-0.4, -0.2) is 4.83 Å². The summed E-state index contributed by atoms with van der Waals surface area (Å²) < 4.78 is 0. The lowest BCUT2D eigenvalue weighted by Crippen LogP contribution is -2.15. The van der Waals surface area contributed by atoms with E-state index in [-0.39, 0.29) is 0 Å². The first-order valence-corrected chi connectivity index (χ1v) is 6.24. The van der Waals surface area contributed by atoms with Crippen molar-refractivity contribution < 1.29 is 0 Å². The average Bonchev–Trinajstić information content (AvgIpc) is 2.90.